The minimum absolute atomic E-state index is 0.517. The molecule has 1 aromatic carbocycles. The summed E-state index contributed by atoms with van der Waals surface area (Å²) in [6, 6.07) is 9.04. The summed E-state index contributed by atoms with van der Waals surface area (Å²) in [5.74, 6) is -1.55. The molecule has 0 saturated carbocycles. The lowest BCUT2D eigenvalue weighted by molar-refractivity contribution is -0.929. The first-order valence-corrected chi connectivity index (χ1v) is 19.6. The van der Waals surface area contributed by atoms with Crippen molar-refractivity contribution in [3.05, 3.63) is 35.9 Å². The van der Waals surface area contributed by atoms with Gasteiger partial charge in [-0.2, -0.15) is 0 Å². The van der Waals surface area contributed by atoms with Crippen molar-refractivity contribution in [3.8, 4) is 0 Å². The Morgan fingerprint density at radius 2 is 0.773 bits per heavy atom. The van der Waals surface area contributed by atoms with E-state index in [1.165, 1.54) is 185 Å². The van der Waals surface area contributed by atoms with Gasteiger partial charge in [-0.1, -0.05) is 168 Å². The molecule has 1 rings (SSSR count). The van der Waals surface area contributed by atoms with Crippen molar-refractivity contribution in [2.24, 2.45) is 0 Å². The van der Waals surface area contributed by atoms with E-state index in [1.54, 1.807) is 19.1 Å². The second-order valence-electron chi connectivity index (χ2n) is 13.8. The van der Waals surface area contributed by atoms with Gasteiger partial charge in [-0.3, -0.25) is 0 Å². The highest BCUT2D eigenvalue weighted by molar-refractivity contribution is 5.73. The Hall–Kier alpha value is -1.35. The minimum Gasteiger partial charge on any atom is -0.550 e. The maximum absolute atomic E-state index is 10.4. The van der Waals surface area contributed by atoms with E-state index in [0.717, 1.165) is 5.56 Å². The molecule has 258 valence electrons. The normalized spacial score (nSPS) is 12.1. The van der Waals surface area contributed by atoms with Crippen molar-refractivity contribution in [1.29, 1.82) is 0 Å². The Balaban J connectivity index is 0.00000139. The summed E-state index contributed by atoms with van der Waals surface area (Å²) >= 11 is 0. The van der Waals surface area contributed by atoms with E-state index in [1.807, 2.05) is 18.2 Å². The van der Waals surface area contributed by atoms with E-state index in [0.29, 0.717) is 0 Å². The summed E-state index contributed by atoms with van der Waals surface area (Å²) in [4.78, 5) is 10.4. The topological polar surface area (TPSA) is 40.1 Å². The zero-order valence-corrected chi connectivity index (χ0v) is 30.5. The third kappa shape index (κ3) is 24.9. The van der Waals surface area contributed by atoms with Gasteiger partial charge in [0.25, 0.3) is 0 Å². The molecule has 1 unspecified atom stereocenters. The number of nitrogens with zero attached hydrogens (tertiary/aromatic N) is 1. The number of unbranched alkanes of at least 4 members (excludes halogenated alkanes) is 20. The molecule has 0 aliphatic carbocycles. The Morgan fingerprint density at radius 3 is 1.05 bits per heavy atom. The van der Waals surface area contributed by atoms with Crippen LogP contribution in [0.5, 0.6) is 0 Å². The monoisotopic (exact) mass is 616 g/mol. The molecule has 0 aliphatic heterocycles. The predicted octanol–water partition coefficient (Wildman–Crippen LogP) is 11.8. The standard InChI is InChI=1S/C32H68N.C9H10O2/c1-5-9-13-17-21-25-29-33(30-26-22-18-14-10-6-2,31-27-23-19-15-11-7-3)32-28-24-20-16-12-8-4;1-7(9(10)11)8-5-3-2-4-6-8/h5-32H2,1-4H3;2-7H,1H3,(H,10,11)/q+1;/p-1. The molecule has 0 spiro atoms. The van der Waals surface area contributed by atoms with Gasteiger partial charge in [-0.05, 0) is 56.9 Å². The van der Waals surface area contributed by atoms with Crippen molar-refractivity contribution >= 4 is 5.97 Å². The SMILES string of the molecule is CC(C(=O)[O-])c1ccccc1.CCCCCCCC[N+](CCCCCCCC)(CCCCCCCC)CCCCCCCC. The maximum atomic E-state index is 10.4. The van der Waals surface area contributed by atoms with Crippen LogP contribution in [0.2, 0.25) is 0 Å². The highest BCUT2D eigenvalue weighted by Gasteiger charge is 2.25. The van der Waals surface area contributed by atoms with Crippen LogP contribution in [0.25, 0.3) is 0 Å². The van der Waals surface area contributed by atoms with Crippen LogP contribution in [0.4, 0.5) is 0 Å². The fourth-order valence-corrected chi connectivity index (χ4v) is 6.46. The van der Waals surface area contributed by atoms with Crippen LogP contribution in [0, 0.1) is 0 Å². The third-order valence-corrected chi connectivity index (χ3v) is 9.60. The van der Waals surface area contributed by atoms with Gasteiger partial charge in [0.2, 0.25) is 0 Å². The fourth-order valence-electron chi connectivity index (χ4n) is 6.46. The second-order valence-corrected chi connectivity index (χ2v) is 13.8. The van der Waals surface area contributed by atoms with Gasteiger partial charge in [0.1, 0.15) is 0 Å². The number of aliphatic carboxylic acids is 1. The number of rotatable bonds is 30. The number of benzene rings is 1. The van der Waals surface area contributed by atoms with Crippen LogP contribution >= 0.6 is 0 Å². The van der Waals surface area contributed by atoms with Gasteiger partial charge in [-0.15, -0.1) is 0 Å². The zero-order valence-electron chi connectivity index (χ0n) is 30.5. The fraction of sp³-hybridized carbons (Fsp3) is 0.829. The Kier molecular flexibility index (Phi) is 30.7. The number of carboxylic acid groups (broad SMARTS) is 1. The van der Waals surface area contributed by atoms with E-state index < -0.39 is 11.9 Å². The molecular formula is C41H77NO2. The van der Waals surface area contributed by atoms with Gasteiger partial charge in [0.05, 0.1) is 26.2 Å². The van der Waals surface area contributed by atoms with E-state index in [-0.39, 0.29) is 0 Å². The minimum atomic E-state index is -1.03. The van der Waals surface area contributed by atoms with Crippen LogP contribution in [-0.4, -0.2) is 36.6 Å². The lowest BCUT2D eigenvalue weighted by Gasteiger charge is -2.40. The molecule has 0 bridgehead atoms. The van der Waals surface area contributed by atoms with Crippen molar-refractivity contribution in [3.63, 3.8) is 0 Å². The first kappa shape index (κ1) is 42.6. The summed E-state index contributed by atoms with van der Waals surface area (Å²) in [6.07, 6.45) is 34.8. The van der Waals surface area contributed by atoms with Crippen LogP contribution in [0.15, 0.2) is 30.3 Å². The van der Waals surface area contributed by atoms with Gasteiger partial charge in [0.15, 0.2) is 0 Å². The Bertz CT molecular complexity index is 649. The molecule has 0 amide bonds. The van der Waals surface area contributed by atoms with Crippen LogP contribution in [0.1, 0.15) is 200 Å². The highest BCUT2D eigenvalue weighted by atomic mass is 16.4. The van der Waals surface area contributed by atoms with Gasteiger partial charge < -0.3 is 14.4 Å². The molecule has 0 N–H and O–H groups in total. The molecule has 0 aliphatic rings. The van der Waals surface area contributed by atoms with Crippen molar-refractivity contribution in [2.75, 3.05) is 26.2 Å². The van der Waals surface area contributed by atoms with E-state index in [9.17, 15) is 9.90 Å². The average Bonchev–Trinajstić information content (AvgIpc) is 3.04. The summed E-state index contributed by atoms with van der Waals surface area (Å²) in [7, 11) is 0. The third-order valence-electron chi connectivity index (χ3n) is 9.60. The summed E-state index contributed by atoms with van der Waals surface area (Å²) in [5, 5.41) is 10.4. The smallest absolute Gasteiger partial charge is 0.0786 e. The molecule has 1 atom stereocenters. The summed E-state index contributed by atoms with van der Waals surface area (Å²) in [6.45, 7) is 16.9. The van der Waals surface area contributed by atoms with E-state index >= 15 is 0 Å². The molecule has 0 heterocycles. The maximum Gasteiger partial charge on any atom is 0.0786 e. The molecule has 1 aromatic rings. The lowest BCUT2D eigenvalue weighted by atomic mass is 10.0. The van der Waals surface area contributed by atoms with Gasteiger partial charge in [-0.25, -0.2) is 0 Å². The van der Waals surface area contributed by atoms with E-state index in [4.69, 9.17) is 0 Å². The second kappa shape index (κ2) is 31.6. The quantitative estimate of drug-likeness (QED) is 0.0638. The van der Waals surface area contributed by atoms with Gasteiger partial charge in [0, 0.05) is 11.9 Å². The molecule has 3 nitrogen and oxygen atoms in total. The van der Waals surface area contributed by atoms with Crippen LogP contribution in [-0.2, 0) is 4.79 Å². The van der Waals surface area contributed by atoms with Crippen molar-refractivity contribution in [2.45, 2.75) is 195 Å². The largest absolute Gasteiger partial charge is 0.550 e. The summed E-state index contributed by atoms with van der Waals surface area (Å²) in [5.41, 5.74) is 0.785. The first-order chi connectivity index (χ1) is 21.5. The van der Waals surface area contributed by atoms with Crippen LogP contribution < -0.4 is 5.11 Å². The molecule has 0 saturated heterocycles. The van der Waals surface area contributed by atoms with Crippen molar-refractivity contribution in [1.82, 2.24) is 0 Å². The molecule has 0 radical (unpaired) electrons. The van der Waals surface area contributed by atoms with E-state index in [2.05, 4.69) is 27.7 Å². The highest BCUT2D eigenvalue weighted by Crippen LogP contribution is 2.21. The van der Waals surface area contributed by atoms with Crippen molar-refractivity contribution < 1.29 is 14.4 Å². The number of hydrogen-bond donors (Lipinski definition) is 0. The number of carbonyl (C=O) groups is 1. The number of quaternary nitrogens is 1. The molecule has 0 aromatic heterocycles. The number of carboxylic acids is 1. The number of carbonyl (C=O) groups excluding carboxylic acids is 1. The molecular weight excluding hydrogens is 538 g/mol. The average molecular weight is 616 g/mol. The predicted molar refractivity (Wildman–Crippen MR) is 193 cm³/mol. The zero-order chi connectivity index (χ0) is 32.6. The van der Waals surface area contributed by atoms with Crippen LogP contribution in [0.3, 0.4) is 0 Å². The molecule has 44 heavy (non-hydrogen) atoms. The molecule has 3 heteroatoms. The molecule has 0 fully saturated rings. The van der Waals surface area contributed by atoms with Gasteiger partial charge >= 0.3 is 0 Å². The number of hydrogen-bond acceptors (Lipinski definition) is 2. The lowest BCUT2D eigenvalue weighted by Crippen LogP contribution is -2.50. The Morgan fingerprint density at radius 1 is 0.500 bits per heavy atom. The summed E-state index contributed by atoms with van der Waals surface area (Å²) < 4.78 is 1.48. The first-order valence-electron chi connectivity index (χ1n) is 19.6. The Labute approximate surface area is 276 Å².